The van der Waals surface area contributed by atoms with Crippen LogP contribution in [0.1, 0.15) is 61.8 Å². The molecule has 1 aliphatic carbocycles. The molecule has 5 nitrogen and oxygen atoms in total. The summed E-state index contributed by atoms with van der Waals surface area (Å²) in [5.74, 6) is -1.46. The van der Waals surface area contributed by atoms with Gasteiger partial charge in [0.1, 0.15) is 12.0 Å². The lowest BCUT2D eigenvalue weighted by Gasteiger charge is -2.40. The molecule has 0 spiro atoms. The molecule has 0 radical (unpaired) electrons. The molecule has 1 aliphatic heterocycles. The van der Waals surface area contributed by atoms with E-state index in [1.807, 2.05) is 44.2 Å². The average molecular weight is 813 g/mol. The van der Waals surface area contributed by atoms with E-state index >= 15 is 4.39 Å². The number of hydrogen-bond donors (Lipinski definition) is 0. The normalized spacial score (nSPS) is 20.9. The third kappa shape index (κ3) is 8.53. The van der Waals surface area contributed by atoms with Crippen molar-refractivity contribution in [1.29, 1.82) is 0 Å². The molecule has 0 bridgehead atoms. The van der Waals surface area contributed by atoms with Gasteiger partial charge in [-0.05, 0) is 132 Å². The van der Waals surface area contributed by atoms with Crippen molar-refractivity contribution >= 4 is 105 Å². The van der Waals surface area contributed by atoms with Gasteiger partial charge >= 0.3 is 11.9 Å². The second-order valence-electron chi connectivity index (χ2n) is 12.2. The van der Waals surface area contributed by atoms with Crippen molar-refractivity contribution in [3.63, 3.8) is 0 Å². The molecule has 1 fully saturated rings. The molecule has 0 amide bonds. The molecule has 6 rings (SSSR count). The second-order valence-corrected chi connectivity index (χ2v) is 34.9. The van der Waals surface area contributed by atoms with Gasteiger partial charge in [0, 0.05) is 17.0 Å². The topological polar surface area (TPSA) is 75.7 Å². The Morgan fingerprint density at radius 2 is 1.47 bits per heavy atom. The van der Waals surface area contributed by atoms with Crippen LogP contribution >= 0.6 is 30.9 Å². The predicted molar refractivity (Wildman–Crippen MR) is 222 cm³/mol. The van der Waals surface area contributed by atoms with E-state index in [1.165, 1.54) is 23.0 Å². The summed E-state index contributed by atoms with van der Waals surface area (Å²) < 4.78 is 34.8. The summed E-state index contributed by atoms with van der Waals surface area (Å²) in [4.78, 5) is 26.5. The Morgan fingerprint density at radius 3 is 2.06 bits per heavy atom. The molecule has 0 N–H and O–H groups in total. The van der Waals surface area contributed by atoms with Gasteiger partial charge in [-0.2, -0.15) is 0 Å². The smallest absolute Gasteiger partial charge is 0.315 e. The van der Waals surface area contributed by atoms with Crippen LogP contribution in [0.4, 0.5) is 4.39 Å². The predicted octanol–water partition coefficient (Wildman–Crippen LogP) is 10.3. The van der Waals surface area contributed by atoms with Gasteiger partial charge in [-0.3, -0.25) is 9.59 Å². The number of aryl methyl sites for hydroxylation is 1. The first-order valence-electron chi connectivity index (χ1n) is 16.2. The Balaban J connectivity index is 1.22. The third-order valence-corrected chi connectivity index (χ3v) is 40.7. The molecule has 0 aromatic heterocycles. The maximum Gasteiger partial charge on any atom is 0.315 e. The maximum atomic E-state index is 15.4. The molecule has 2 aliphatic rings. The highest BCUT2D eigenvalue weighted by molar-refractivity contribution is 9.48. The van der Waals surface area contributed by atoms with Gasteiger partial charge in [0.05, 0.1) is 15.3 Å². The summed E-state index contributed by atoms with van der Waals surface area (Å²) >= 11 is 14.5. The molecule has 1 atom stereocenters. The van der Waals surface area contributed by atoms with E-state index in [0.717, 1.165) is 28.4 Å². The molecule has 1 heterocycles. The van der Waals surface area contributed by atoms with E-state index in [2.05, 4.69) is 31.2 Å². The van der Waals surface area contributed by atoms with Crippen LogP contribution in [0.5, 0.6) is 11.5 Å². The zero-order valence-corrected chi connectivity index (χ0v) is 34.2. The van der Waals surface area contributed by atoms with Gasteiger partial charge in [0.25, 0.3) is 0 Å². The number of benzene rings is 4. The van der Waals surface area contributed by atoms with Gasteiger partial charge in [-0.25, -0.2) is 4.39 Å². The van der Waals surface area contributed by atoms with Crippen molar-refractivity contribution in [3.05, 3.63) is 119 Å². The lowest BCUT2D eigenvalue weighted by molar-refractivity contribution is -0.135. The van der Waals surface area contributed by atoms with Crippen LogP contribution in [-0.4, -0.2) is 22.7 Å². The number of hydrogen-bond acceptors (Lipinski definition) is 9. The van der Waals surface area contributed by atoms with Gasteiger partial charge in [-0.15, -0.1) is 0 Å². The fraction of sp³-hybridized carbons (Fsp3) is 0.211. The minimum absolute atomic E-state index is 0.107. The minimum atomic E-state index is -1.96. The van der Waals surface area contributed by atoms with Crippen molar-refractivity contribution in [3.8, 4) is 11.5 Å². The van der Waals surface area contributed by atoms with E-state index in [1.54, 1.807) is 52.5 Å². The molecule has 1 saturated heterocycles. The Hall–Kier alpha value is -2.46. The molecule has 264 valence electrons. The van der Waals surface area contributed by atoms with E-state index in [9.17, 15) is 14.1 Å². The first kappa shape index (κ1) is 38.3. The third-order valence-electron chi connectivity index (χ3n) is 8.51. The molecule has 4 aromatic rings. The largest absolute Gasteiger partial charge is 0.612 e. The van der Waals surface area contributed by atoms with Crippen molar-refractivity contribution in [2.24, 2.45) is 0 Å². The SMILES string of the molecule is CCCCC(=O)Oc1cc2c(cc1F)C(CC(=O)Oc1ccc(P3(=S)SP(=S)(c4ccc(C)cc4)S3)cc1)=C(C)/C2=C/c1ccc([S+](C)[O-])cc1. The average Bonchev–Trinajstić information content (AvgIpc) is 3.32. The summed E-state index contributed by atoms with van der Waals surface area (Å²) in [7, 11) is 0. The Morgan fingerprint density at radius 1 is 0.863 bits per heavy atom. The summed E-state index contributed by atoms with van der Waals surface area (Å²) in [6, 6.07) is 25.9. The van der Waals surface area contributed by atoms with Crippen LogP contribution in [0.2, 0.25) is 0 Å². The molecule has 4 aromatic carbocycles. The highest BCUT2D eigenvalue weighted by atomic mass is 33.7. The van der Waals surface area contributed by atoms with Gasteiger partial charge in [0.2, 0.25) is 0 Å². The highest BCUT2D eigenvalue weighted by Crippen LogP contribution is 3.04. The van der Waals surface area contributed by atoms with Crippen LogP contribution in [0.3, 0.4) is 0 Å². The van der Waals surface area contributed by atoms with Crippen LogP contribution < -0.4 is 20.1 Å². The van der Waals surface area contributed by atoms with E-state index in [0.29, 0.717) is 33.8 Å². The first-order chi connectivity index (χ1) is 24.3. The van der Waals surface area contributed by atoms with E-state index < -0.39 is 37.8 Å². The van der Waals surface area contributed by atoms with E-state index in [4.69, 9.17) is 33.1 Å². The fourth-order valence-corrected chi connectivity index (χ4v) is 48.5. The molecule has 0 saturated carbocycles. The number of unbranched alkanes of at least 4 members (excludes halogenated alkanes) is 1. The Kier molecular flexibility index (Phi) is 11.9. The Bertz CT molecular complexity index is 2150. The van der Waals surface area contributed by atoms with Gasteiger partial charge in [0.15, 0.2) is 16.5 Å². The second kappa shape index (κ2) is 15.9. The number of carbonyl (C=O) groups is 2. The van der Waals surface area contributed by atoms with Crippen LogP contribution in [-0.2, 0) is 44.4 Å². The quantitative estimate of drug-likeness (QED) is 0.0637. The van der Waals surface area contributed by atoms with Crippen molar-refractivity contribution in [2.75, 3.05) is 6.26 Å². The van der Waals surface area contributed by atoms with Crippen molar-refractivity contribution < 1.29 is 28.0 Å². The van der Waals surface area contributed by atoms with E-state index in [-0.39, 0.29) is 18.6 Å². The van der Waals surface area contributed by atoms with Crippen LogP contribution in [0, 0.1) is 12.7 Å². The lowest BCUT2D eigenvalue weighted by atomic mass is 10.00. The number of ether oxygens (including phenoxy) is 2. The number of allylic oxidation sites excluding steroid dienone is 2. The summed E-state index contributed by atoms with van der Waals surface area (Å²) in [6.45, 7) is 5.90. The summed E-state index contributed by atoms with van der Waals surface area (Å²) in [5, 5.41) is 2.20. The number of halogens is 1. The van der Waals surface area contributed by atoms with Gasteiger partial charge < -0.3 is 14.0 Å². The molecule has 13 heteroatoms. The molecule has 51 heavy (non-hydrogen) atoms. The zero-order chi connectivity index (χ0) is 36.5. The number of rotatable bonds is 11. The molecule has 1 unspecified atom stereocenters. The minimum Gasteiger partial charge on any atom is -0.612 e. The van der Waals surface area contributed by atoms with Gasteiger partial charge in [-0.1, -0.05) is 88.8 Å². The molecular weight excluding hydrogens is 778 g/mol. The number of fused-ring (bicyclic) bond motifs is 1. The first-order valence-corrected chi connectivity index (χ1v) is 27.4. The summed E-state index contributed by atoms with van der Waals surface area (Å²) in [6.07, 6.45) is 5.08. The highest BCUT2D eigenvalue weighted by Gasteiger charge is 2.45. The van der Waals surface area contributed by atoms with Crippen molar-refractivity contribution in [1.82, 2.24) is 0 Å². The standard InChI is InChI=1S/C38H35FO5P2S5/c1-5-6-7-37(40)44-36-22-34-31(20-26-10-18-30(19-11-26)51(4)42)25(3)32(33(34)21-35(36)39)23-38(41)43-27-12-16-29(17-13-27)46(48)49-45(47,50-46)28-14-8-24(2)9-15-28/h8-22H,5-7,23H2,1-4H3/b31-20-. The summed E-state index contributed by atoms with van der Waals surface area (Å²) in [5.41, 5.74) is 5.35. The number of carbonyl (C=O) groups excluding carboxylic acids is 2. The fourth-order valence-electron chi connectivity index (χ4n) is 5.72. The molecular formula is C38H35FO5P2S5. The number of esters is 2. The van der Waals surface area contributed by atoms with Crippen LogP contribution in [0.15, 0.2) is 95.4 Å². The lowest BCUT2D eigenvalue weighted by Crippen LogP contribution is -2.11. The van der Waals surface area contributed by atoms with Crippen LogP contribution in [0.25, 0.3) is 17.2 Å². The monoisotopic (exact) mass is 812 g/mol. The maximum absolute atomic E-state index is 15.4. The Labute approximate surface area is 319 Å². The zero-order valence-electron chi connectivity index (χ0n) is 28.3. The van der Waals surface area contributed by atoms with Crippen molar-refractivity contribution in [2.45, 2.75) is 51.3 Å².